The summed E-state index contributed by atoms with van der Waals surface area (Å²) >= 11 is 0. The fourth-order valence-corrected chi connectivity index (χ4v) is 1.67. The zero-order valence-corrected chi connectivity index (χ0v) is 11.3. The summed E-state index contributed by atoms with van der Waals surface area (Å²) in [5.74, 6) is 0. The molecule has 0 saturated heterocycles. The number of aliphatic hydroxyl groups is 1. The third-order valence-electron chi connectivity index (χ3n) is 2.76. The molecule has 0 aromatic heterocycles. The van der Waals surface area contributed by atoms with Crippen molar-refractivity contribution in [3.05, 3.63) is 12.2 Å². The molecule has 0 spiro atoms. The van der Waals surface area contributed by atoms with E-state index in [1.54, 1.807) is 13.0 Å². The predicted molar refractivity (Wildman–Crippen MR) is 64.0 cm³/mol. The Kier molecular flexibility index (Phi) is 5.05. The van der Waals surface area contributed by atoms with Crippen molar-refractivity contribution in [2.24, 2.45) is 0 Å². The van der Waals surface area contributed by atoms with Crippen LogP contribution in [0.5, 0.6) is 0 Å². The highest BCUT2D eigenvalue weighted by atomic mass is 28.4. The Labute approximate surface area is 89.1 Å². The Bertz CT molecular complexity index is 190. The standard InChI is InChI=1S/C11H24O2Si/c1-10(12)8-7-9-13-14(5,6)11(2,3)4/h7-8,10,12H,9H2,1-6H3/b8-7-/t10-/m1/s1. The van der Waals surface area contributed by atoms with Crippen LogP contribution in [0.1, 0.15) is 27.7 Å². The molecule has 14 heavy (non-hydrogen) atoms. The Morgan fingerprint density at radius 2 is 1.86 bits per heavy atom. The van der Waals surface area contributed by atoms with Gasteiger partial charge in [-0.25, -0.2) is 0 Å². The summed E-state index contributed by atoms with van der Waals surface area (Å²) in [6.45, 7) is 13.5. The van der Waals surface area contributed by atoms with Gasteiger partial charge in [0.1, 0.15) is 0 Å². The third-order valence-corrected chi connectivity index (χ3v) is 7.26. The summed E-state index contributed by atoms with van der Waals surface area (Å²) in [6.07, 6.45) is 3.27. The van der Waals surface area contributed by atoms with Crippen LogP contribution in [-0.4, -0.2) is 26.1 Å². The molecule has 1 atom stereocenters. The van der Waals surface area contributed by atoms with E-state index in [2.05, 4.69) is 33.9 Å². The zero-order chi connectivity index (χ0) is 11.4. The molecule has 2 nitrogen and oxygen atoms in total. The van der Waals surface area contributed by atoms with Gasteiger partial charge < -0.3 is 9.53 Å². The molecule has 0 heterocycles. The maximum atomic E-state index is 9.01. The van der Waals surface area contributed by atoms with E-state index >= 15 is 0 Å². The van der Waals surface area contributed by atoms with Crippen LogP contribution < -0.4 is 0 Å². The molecule has 0 radical (unpaired) electrons. The summed E-state index contributed by atoms with van der Waals surface area (Å²) in [5, 5.41) is 9.27. The normalized spacial score (nSPS) is 16.2. The average molecular weight is 216 g/mol. The summed E-state index contributed by atoms with van der Waals surface area (Å²) in [6, 6.07) is 0. The highest BCUT2D eigenvalue weighted by Gasteiger charge is 2.36. The van der Waals surface area contributed by atoms with Crippen LogP contribution in [0.25, 0.3) is 0 Å². The van der Waals surface area contributed by atoms with Gasteiger partial charge in [0.2, 0.25) is 0 Å². The zero-order valence-electron chi connectivity index (χ0n) is 10.3. The van der Waals surface area contributed by atoms with Gasteiger partial charge in [-0.05, 0) is 25.1 Å². The first-order valence-electron chi connectivity index (χ1n) is 5.15. The SMILES string of the molecule is C[C@@H](O)/C=C\CO[Si](C)(C)C(C)(C)C. The van der Waals surface area contributed by atoms with Crippen LogP contribution in [0.15, 0.2) is 12.2 Å². The van der Waals surface area contributed by atoms with Gasteiger partial charge in [0.15, 0.2) is 8.32 Å². The van der Waals surface area contributed by atoms with Crippen LogP contribution in [0.4, 0.5) is 0 Å². The van der Waals surface area contributed by atoms with Gasteiger partial charge in [0, 0.05) is 0 Å². The molecule has 0 amide bonds. The summed E-state index contributed by atoms with van der Waals surface area (Å²) in [7, 11) is -1.61. The van der Waals surface area contributed by atoms with Crippen molar-refractivity contribution >= 4 is 8.32 Å². The van der Waals surface area contributed by atoms with E-state index in [1.807, 2.05) is 6.08 Å². The second-order valence-electron chi connectivity index (χ2n) is 5.24. The van der Waals surface area contributed by atoms with Crippen molar-refractivity contribution in [3.63, 3.8) is 0 Å². The number of hydrogen-bond donors (Lipinski definition) is 1. The first-order valence-corrected chi connectivity index (χ1v) is 8.06. The minimum Gasteiger partial charge on any atom is -0.413 e. The van der Waals surface area contributed by atoms with E-state index in [1.165, 1.54) is 0 Å². The minimum absolute atomic E-state index is 0.256. The van der Waals surface area contributed by atoms with E-state index in [9.17, 15) is 0 Å². The molecular weight excluding hydrogens is 192 g/mol. The number of rotatable bonds is 4. The van der Waals surface area contributed by atoms with E-state index in [-0.39, 0.29) is 11.1 Å². The molecule has 84 valence electrons. The van der Waals surface area contributed by atoms with Crippen molar-refractivity contribution in [1.29, 1.82) is 0 Å². The Morgan fingerprint density at radius 3 is 2.21 bits per heavy atom. The van der Waals surface area contributed by atoms with Crippen LogP contribution >= 0.6 is 0 Å². The fraction of sp³-hybridized carbons (Fsp3) is 0.818. The molecule has 1 N–H and O–H groups in total. The van der Waals surface area contributed by atoms with Gasteiger partial charge in [-0.15, -0.1) is 0 Å². The summed E-state index contributed by atoms with van der Waals surface area (Å²) in [5.41, 5.74) is 0. The molecule has 0 aliphatic rings. The summed E-state index contributed by atoms with van der Waals surface area (Å²) in [4.78, 5) is 0. The Morgan fingerprint density at radius 1 is 1.36 bits per heavy atom. The smallest absolute Gasteiger partial charge is 0.192 e. The van der Waals surface area contributed by atoms with Crippen molar-refractivity contribution < 1.29 is 9.53 Å². The highest BCUT2D eigenvalue weighted by molar-refractivity contribution is 6.74. The minimum atomic E-state index is -1.61. The maximum Gasteiger partial charge on any atom is 0.192 e. The molecule has 0 aliphatic carbocycles. The number of hydrogen-bond acceptors (Lipinski definition) is 2. The summed E-state index contributed by atoms with van der Waals surface area (Å²) < 4.78 is 5.89. The monoisotopic (exact) mass is 216 g/mol. The van der Waals surface area contributed by atoms with E-state index in [0.29, 0.717) is 6.61 Å². The Balaban J connectivity index is 4.01. The lowest BCUT2D eigenvalue weighted by Crippen LogP contribution is -2.40. The highest BCUT2D eigenvalue weighted by Crippen LogP contribution is 2.36. The van der Waals surface area contributed by atoms with Gasteiger partial charge in [-0.2, -0.15) is 0 Å². The lowest BCUT2D eigenvalue weighted by atomic mass is 10.2. The number of aliphatic hydroxyl groups excluding tert-OH is 1. The lowest BCUT2D eigenvalue weighted by molar-refractivity contribution is 0.242. The van der Waals surface area contributed by atoms with Gasteiger partial charge in [-0.1, -0.05) is 32.9 Å². The molecule has 0 aromatic rings. The molecule has 0 saturated carbocycles. The quantitative estimate of drug-likeness (QED) is 0.578. The van der Waals surface area contributed by atoms with E-state index in [0.717, 1.165) is 0 Å². The predicted octanol–water partition coefficient (Wildman–Crippen LogP) is 2.95. The molecule has 0 unspecified atom stereocenters. The molecule has 0 aromatic carbocycles. The average Bonchev–Trinajstić information content (AvgIpc) is 1.95. The fourth-order valence-electron chi connectivity index (χ4n) is 0.725. The second-order valence-corrected chi connectivity index (χ2v) is 10.0. The maximum absolute atomic E-state index is 9.01. The van der Waals surface area contributed by atoms with Crippen molar-refractivity contribution in [2.75, 3.05) is 6.61 Å². The van der Waals surface area contributed by atoms with Crippen molar-refractivity contribution in [2.45, 2.75) is 51.9 Å². The van der Waals surface area contributed by atoms with Crippen molar-refractivity contribution in [1.82, 2.24) is 0 Å². The molecule has 3 heteroatoms. The topological polar surface area (TPSA) is 29.5 Å². The molecule has 0 rings (SSSR count). The van der Waals surface area contributed by atoms with Gasteiger partial charge in [0.25, 0.3) is 0 Å². The third kappa shape index (κ3) is 4.93. The van der Waals surface area contributed by atoms with Crippen LogP contribution in [-0.2, 0) is 4.43 Å². The van der Waals surface area contributed by atoms with Crippen LogP contribution in [0.3, 0.4) is 0 Å². The lowest BCUT2D eigenvalue weighted by Gasteiger charge is -2.35. The molecule has 0 aliphatic heterocycles. The second kappa shape index (κ2) is 5.10. The molecule has 0 bridgehead atoms. The van der Waals surface area contributed by atoms with E-state index in [4.69, 9.17) is 9.53 Å². The van der Waals surface area contributed by atoms with Crippen LogP contribution in [0.2, 0.25) is 18.1 Å². The van der Waals surface area contributed by atoms with Crippen LogP contribution in [0, 0.1) is 0 Å². The molecule has 0 fully saturated rings. The Hall–Kier alpha value is -0.123. The van der Waals surface area contributed by atoms with Gasteiger partial charge >= 0.3 is 0 Å². The van der Waals surface area contributed by atoms with Gasteiger partial charge in [0.05, 0.1) is 12.7 Å². The first kappa shape index (κ1) is 13.9. The van der Waals surface area contributed by atoms with Gasteiger partial charge in [-0.3, -0.25) is 0 Å². The van der Waals surface area contributed by atoms with E-state index < -0.39 is 8.32 Å². The molecular formula is C11H24O2Si. The largest absolute Gasteiger partial charge is 0.413 e. The first-order chi connectivity index (χ1) is 6.17. The van der Waals surface area contributed by atoms with Crippen molar-refractivity contribution in [3.8, 4) is 0 Å².